The van der Waals surface area contributed by atoms with Crippen molar-refractivity contribution in [1.82, 2.24) is 4.31 Å². The third-order valence-electron chi connectivity index (χ3n) is 4.15. The van der Waals surface area contributed by atoms with Gasteiger partial charge < -0.3 is 14.6 Å². The minimum atomic E-state index is -3.85. The Labute approximate surface area is 166 Å². The molecule has 0 spiro atoms. The van der Waals surface area contributed by atoms with E-state index in [1.807, 2.05) is 0 Å². The Hall–Kier alpha value is -2.62. The second-order valence-electron chi connectivity index (χ2n) is 6.10. The van der Waals surface area contributed by atoms with Crippen LogP contribution in [0.25, 0.3) is 0 Å². The molecule has 3 rings (SSSR count). The average molecular weight is 426 g/mol. The first-order valence-corrected chi connectivity index (χ1v) is 9.93. The van der Waals surface area contributed by atoms with Crippen molar-refractivity contribution >= 4 is 33.6 Å². The summed E-state index contributed by atoms with van der Waals surface area (Å²) < 4.78 is 36.0. The van der Waals surface area contributed by atoms with Gasteiger partial charge in [0.15, 0.2) is 5.78 Å². The van der Waals surface area contributed by atoms with Crippen molar-refractivity contribution in [3.8, 4) is 5.75 Å². The summed E-state index contributed by atoms with van der Waals surface area (Å²) in [6.45, 7) is -0.361. The van der Waals surface area contributed by atoms with Crippen LogP contribution in [0.15, 0.2) is 47.4 Å². The number of benzene rings is 2. The van der Waals surface area contributed by atoms with Gasteiger partial charge in [0, 0.05) is 23.2 Å². The van der Waals surface area contributed by atoms with Crippen molar-refractivity contribution in [1.29, 1.82) is 0 Å². The van der Waals surface area contributed by atoms with Crippen LogP contribution in [0.4, 0.5) is 4.79 Å². The Morgan fingerprint density at radius 1 is 1.25 bits per heavy atom. The third-order valence-corrected chi connectivity index (χ3v) is 6.22. The number of carboxylic acid groups (broad SMARTS) is 1. The van der Waals surface area contributed by atoms with Gasteiger partial charge in [-0.2, -0.15) is 4.31 Å². The molecular weight excluding hydrogens is 410 g/mol. The molecule has 0 aliphatic carbocycles. The van der Waals surface area contributed by atoms with Gasteiger partial charge in [-0.05, 0) is 42.5 Å². The highest BCUT2D eigenvalue weighted by atomic mass is 35.5. The number of Topliss-reactive ketones (excluding diaryl/α,β-unsaturated/α-hetero) is 1. The first-order chi connectivity index (χ1) is 13.2. The van der Waals surface area contributed by atoms with Crippen LogP contribution >= 0.6 is 11.6 Å². The number of ketones is 1. The molecule has 2 aromatic rings. The fourth-order valence-electron chi connectivity index (χ4n) is 2.73. The minimum Gasteiger partial charge on any atom is -0.454 e. The smallest absolute Gasteiger partial charge is 0.454 e. The molecule has 1 aliphatic rings. The molecule has 0 saturated heterocycles. The number of hydrogen-bond donors (Lipinski definition) is 1. The maximum Gasteiger partial charge on any atom is 0.508 e. The number of carbonyl (C=O) groups excluding carboxylic acids is 1. The molecular formula is C18H16ClNO7S. The molecule has 2 aromatic carbocycles. The summed E-state index contributed by atoms with van der Waals surface area (Å²) in [7, 11) is -2.53. The summed E-state index contributed by atoms with van der Waals surface area (Å²) in [6.07, 6.45) is -2.25. The van der Waals surface area contributed by atoms with Crippen molar-refractivity contribution in [3.05, 3.63) is 58.6 Å². The molecule has 0 radical (unpaired) electrons. The van der Waals surface area contributed by atoms with Crippen LogP contribution < -0.4 is 4.74 Å². The normalized spacial score (nSPS) is 15.8. The summed E-state index contributed by atoms with van der Waals surface area (Å²) in [6, 6.07) is 10.2. The minimum absolute atomic E-state index is 0.0308. The van der Waals surface area contributed by atoms with Crippen LogP contribution in [0, 0.1) is 0 Å². The van der Waals surface area contributed by atoms with Crippen LogP contribution in [-0.2, 0) is 21.2 Å². The van der Waals surface area contributed by atoms with E-state index in [0.717, 1.165) is 4.31 Å². The molecule has 0 saturated carbocycles. The third kappa shape index (κ3) is 4.27. The van der Waals surface area contributed by atoms with Crippen LogP contribution in [0.3, 0.4) is 0 Å². The first-order valence-electron chi connectivity index (χ1n) is 8.11. The predicted molar refractivity (Wildman–Crippen MR) is 99.3 cm³/mol. The van der Waals surface area contributed by atoms with Crippen LogP contribution in [0.5, 0.6) is 5.75 Å². The lowest BCUT2D eigenvalue weighted by Gasteiger charge is -2.16. The molecule has 148 valence electrons. The van der Waals surface area contributed by atoms with E-state index in [1.54, 1.807) is 6.07 Å². The highest BCUT2D eigenvalue weighted by Gasteiger charge is 2.28. The van der Waals surface area contributed by atoms with Crippen molar-refractivity contribution in [2.75, 3.05) is 13.6 Å². The maximum atomic E-state index is 12.6. The fourth-order valence-corrected chi connectivity index (χ4v) is 3.99. The van der Waals surface area contributed by atoms with E-state index < -0.39 is 28.3 Å². The zero-order valence-corrected chi connectivity index (χ0v) is 16.2. The molecule has 1 N–H and O–H groups in total. The summed E-state index contributed by atoms with van der Waals surface area (Å²) >= 11 is 5.78. The quantitative estimate of drug-likeness (QED) is 0.559. The summed E-state index contributed by atoms with van der Waals surface area (Å²) in [4.78, 5) is 23.2. The summed E-state index contributed by atoms with van der Waals surface area (Å²) in [5.41, 5.74) is 0.900. The summed E-state index contributed by atoms with van der Waals surface area (Å²) in [5, 5.41) is 9.06. The van der Waals surface area contributed by atoms with E-state index in [2.05, 4.69) is 4.74 Å². The molecule has 8 nitrogen and oxygen atoms in total. The lowest BCUT2D eigenvalue weighted by molar-refractivity contribution is -0.0394. The maximum absolute atomic E-state index is 12.6. The van der Waals surface area contributed by atoms with Gasteiger partial charge in [-0.25, -0.2) is 13.2 Å². The van der Waals surface area contributed by atoms with Gasteiger partial charge in [-0.15, -0.1) is 0 Å². The Morgan fingerprint density at radius 3 is 2.57 bits per heavy atom. The van der Waals surface area contributed by atoms with Crippen molar-refractivity contribution < 1.29 is 32.6 Å². The molecule has 0 amide bonds. The van der Waals surface area contributed by atoms with Gasteiger partial charge in [0.1, 0.15) is 5.75 Å². The van der Waals surface area contributed by atoms with Gasteiger partial charge in [0.25, 0.3) is 6.29 Å². The van der Waals surface area contributed by atoms with Crippen molar-refractivity contribution in [2.24, 2.45) is 0 Å². The zero-order chi connectivity index (χ0) is 20.5. The molecule has 28 heavy (non-hydrogen) atoms. The molecule has 1 aliphatic heterocycles. The topological polar surface area (TPSA) is 110 Å². The molecule has 1 atom stereocenters. The number of carbonyl (C=O) groups is 2. The SMILES string of the molecule is CN(CC(=O)c1ccc2c(c1)CC(OC(=O)O)O2)S(=O)(=O)c1ccc(Cl)cc1. The van der Waals surface area contributed by atoms with E-state index in [9.17, 15) is 18.0 Å². The van der Waals surface area contributed by atoms with Gasteiger partial charge in [0.2, 0.25) is 10.0 Å². The zero-order valence-electron chi connectivity index (χ0n) is 14.7. The molecule has 0 aromatic heterocycles. The second kappa shape index (κ2) is 7.78. The van der Waals surface area contributed by atoms with E-state index in [0.29, 0.717) is 16.3 Å². The van der Waals surface area contributed by atoms with Crippen molar-refractivity contribution in [3.63, 3.8) is 0 Å². The van der Waals surface area contributed by atoms with Gasteiger partial charge in [0.05, 0.1) is 17.9 Å². The molecule has 0 bridgehead atoms. The molecule has 10 heteroatoms. The second-order valence-corrected chi connectivity index (χ2v) is 8.58. The number of halogens is 1. The highest BCUT2D eigenvalue weighted by molar-refractivity contribution is 7.89. The number of likely N-dealkylation sites (N-methyl/N-ethyl adjacent to an activating group) is 1. The number of rotatable bonds is 6. The van der Waals surface area contributed by atoms with E-state index >= 15 is 0 Å². The van der Waals surface area contributed by atoms with Crippen LogP contribution in [0.2, 0.25) is 5.02 Å². The standard InChI is InChI=1S/C18H16ClNO7S/c1-20(28(24,25)14-5-3-13(19)4-6-14)10-15(21)11-2-7-16-12(8-11)9-17(26-16)27-18(22)23/h2-8,17H,9-10H2,1H3,(H,22,23). The van der Waals surface area contributed by atoms with Gasteiger partial charge in [-0.1, -0.05) is 11.6 Å². The first kappa shape index (κ1) is 20.1. The Bertz CT molecular complexity index is 1020. The van der Waals surface area contributed by atoms with Crippen LogP contribution in [-0.4, -0.2) is 49.7 Å². The molecule has 1 unspecified atom stereocenters. The van der Waals surface area contributed by atoms with Gasteiger partial charge >= 0.3 is 6.16 Å². The molecule has 1 heterocycles. The highest BCUT2D eigenvalue weighted by Crippen LogP contribution is 2.30. The summed E-state index contributed by atoms with van der Waals surface area (Å²) in [5.74, 6) is 0.00961. The predicted octanol–water partition coefficient (Wildman–Crippen LogP) is 2.80. The fraction of sp³-hybridized carbons (Fsp3) is 0.222. The van der Waals surface area contributed by atoms with E-state index in [-0.39, 0.29) is 23.4 Å². The Morgan fingerprint density at radius 2 is 1.93 bits per heavy atom. The lowest BCUT2D eigenvalue weighted by Crippen LogP contribution is -2.32. The van der Waals surface area contributed by atoms with E-state index in [1.165, 1.54) is 43.4 Å². The van der Waals surface area contributed by atoms with Crippen LogP contribution in [0.1, 0.15) is 15.9 Å². The number of fused-ring (bicyclic) bond motifs is 1. The number of hydrogen-bond acceptors (Lipinski definition) is 6. The largest absolute Gasteiger partial charge is 0.508 e. The Kier molecular flexibility index (Phi) is 5.59. The van der Waals surface area contributed by atoms with Crippen molar-refractivity contribution in [2.45, 2.75) is 17.6 Å². The average Bonchev–Trinajstić information content (AvgIpc) is 3.02. The number of nitrogens with zero attached hydrogens (tertiary/aromatic N) is 1. The van der Waals surface area contributed by atoms with E-state index in [4.69, 9.17) is 21.4 Å². The number of ether oxygens (including phenoxy) is 2. The monoisotopic (exact) mass is 425 g/mol. The Balaban J connectivity index is 1.72. The molecule has 0 fully saturated rings. The number of sulfonamides is 1. The van der Waals surface area contributed by atoms with Gasteiger partial charge in [-0.3, -0.25) is 4.79 Å². The lowest BCUT2D eigenvalue weighted by atomic mass is 10.1.